The van der Waals surface area contributed by atoms with Crippen LogP contribution >= 0.6 is 27.7 Å². The van der Waals surface area contributed by atoms with E-state index in [-0.39, 0.29) is 21.0 Å². The molecule has 0 saturated carbocycles. The Morgan fingerprint density at radius 2 is 2.00 bits per heavy atom. The molecule has 0 aliphatic carbocycles. The van der Waals surface area contributed by atoms with Gasteiger partial charge in [0.05, 0.1) is 10.5 Å². The van der Waals surface area contributed by atoms with Gasteiger partial charge in [-0.05, 0) is 58.5 Å². The minimum absolute atomic E-state index is 0.0462. The van der Waals surface area contributed by atoms with Crippen LogP contribution in [-0.2, 0) is 10.0 Å². The molecule has 1 aliphatic heterocycles. The van der Waals surface area contributed by atoms with Crippen LogP contribution in [0.2, 0.25) is 0 Å². The van der Waals surface area contributed by atoms with E-state index in [2.05, 4.69) is 20.7 Å². The van der Waals surface area contributed by atoms with Crippen LogP contribution in [0.25, 0.3) is 0 Å². The number of rotatable bonds is 4. The maximum absolute atomic E-state index is 12.3. The van der Waals surface area contributed by atoms with Crippen LogP contribution in [0.4, 0.5) is 0 Å². The van der Waals surface area contributed by atoms with E-state index in [9.17, 15) is 13.2 Å². The summed E-state index contributed by atoms with van der Waals surface area (Å²) in [4.78, 5) is 10.9. The molecule has 1 saturated heterocycles. The standard InChI is InChI=1S/C12H14BrNO4S2/c13-10-7-8(12(15)16)1-2-11(10)20(17,18)14-9-3-5-19-6-4-9/h1-2,7,9,14H,3-6H2,(H,15,16). The average molecular weight is 380 g/mol. The number of sulfonamides is 1. The zero-order chi connectivity index (χ0) is 14.8. The Morgan fingerprint density at radius 1 is 1.35 bits per heavy atom. The molecular weight excluding hydrogens is 366 g/mol. The Hall–Kier alpha value is -0.570. The van der Waals surface area contributed by atoms with Gasteiger partial charge in [-0.3, -0.25) is 0 Å². The number of hydrogen-bond donors (Lipinski definition) is 2. The Bertz CT molecular complexity index is 612. The van der Waals surface area contributed by atoms with E-state index in [4.69, 9.17) is 5.11 Å². The Morgan fingerprint density at radius 3 is 2.55 bits per heavy atom. The second kappa shape index (κ2) is 6.46. The Kier molecular flexibility index (Phi) is 5.11. The predicted molar refractivity (Wildman–Crippen MR) is 81.8 cm³/mol. The largest absolute Gasteiger partial charge is 0.478 e. The highest BCUT2D eigenvalue weighted by molar-refractivity contribution is 9.10. The van der Waals surface area contributed by atoms with E-state index in [1.807, 2.05) is 11.8 Å². The second-order valence-corrected chi connectivity index (χ2v) is 8.22. The normalized spacial score (nSPS) is 17.1. The fraction of sp³-hybridized carbons (Fsp3) is 0.417. The van der Waals surface area contributed by atoms with E-state index in [0.29, 0.717) is 0 Å². The van der Waals surface area contributed by atoms with E-state index in [1.54, 1.807) is 0 Å². The number of hydrogen-bond acceptors (Lipinski definition) is 4. The van der Waals surface area contributed by atoms with Gasteiger partial charge in [0.25, 0.3) is 0 Å². The number of nitrogens with one attached hydrogen (secondary N) is 1. The molecule has 0 unspecified atom stereocenters. The van der Waals surface area contributed by atoms with Crippen LogP contribution in [0, 0.1) is 0 Å². The van der Waals surface area contributed by atoms with E-state index >= 15 is 0 Å². The van der Waals surface area contributed by atoms with Crippen LogP contribution in [0.3, 0.4) is 0 Å². The van der Waals surface area contributed by atoms with Gasteiger partial charge >= 0.3 is 5.97 Å². The summed E-state index contributed by atoms with van der Waals surface area (Å²) in [5.74, 6) is 0.811. The number of carboxylic acid groups (broad SMARTS) is 1. The molecule has 2 rings (SSSR count). The van der Waals surface area contributed by atoms with Crippen molar-refractivity contribution in [2.45, 2.75) is 23.8 Å². The molecule has 1 aromatic carbocycles. The maximum atomic E-state index is 12.3. The van der Waals surface area contributed by atoms with Crippen molar-refractivity contribution >= 4 is 43.7 Å². The Balaban J connectivity index is 2.22. The molecule has 0 amide bonds. The monoisotopic (exact) mass is 379 g/mol. The third-order valence-corrected chi connectivity index (χ3v) is 6.56. The lowest BCUT2D eigenvalue weighted by atomic mass is 10.2. The number of benzene rings is 1. The highest BCUT2D eigenvalue weighted by Crippen LogP contribution is 2.25. The molecule has 8 heteroatoms. The van der Waals surface area contributed by atoms with Crippen molar-refractivity contribution in [2.24, 2.45) is 0 Å². The number of carbonyl (C=O) groups is 1. The van der Waals surface area contributed by atoms with Crippen molar-refractivity contribution < 1.29 is 18.3 Å². The number of thioether (sulfide) groups is 1. The number of aromatic carboxylic acids is 1. The molecule has 1 fully saturated rings. The van der Waals surface area contributed by atoms with Crippen LogP contribution in [0.1, 0.15) is 23.2 Å². The van der Waals surface area contributed by atoms with Gasteiger partial charge in [0.15, 0.2) is 0 Å². The molecule has 2 N–H and O–H groups in total. The molecule has 20 heavy (non-hydrogen) atoms. The lowest BCUT2D eigenvalue weighted by molar-refractivity contribution is 0.0696. The highest BCUT2D eigenvalue weighted by atomic mass is 79.9. The topological polar surface area (TPSA) is 83.5 Å². The first-order valence-corrected chi connectivity index (χ1v) is 9.46. The minimum atomic E-state index is -3.63. The van der Waals surface area contributed by atoms with Gasteiger partial charge in [-0.15, -0.1) is 0 Å². The fourth-order valence-corrected chi connectivity index (χ4v) is 5.44. The average Bonchev–Trinajstić information content (AvgIpc) is 2.38. The van der Waals surface area contributed by atoms with Crippen LogP contribution in [0.15, 0.2) is 27.6 Å². The van der Waals surface area contributed by atoms with Gasteiger partial charge in [-0.2, -0.15) is 11.8 Å². The van der Waals surface area contributed by atoms with Crippen LogP contribution < -0.4 is 4.72 Å². The second-order valence-electron chi connectivity index (χ2n) is 4.46. The predicted octanol–water partition coefficient (Wildman–Crippen LogP) is 2.32. The summed E-state index contributed by atoms with van der Waals surface area (Å²) in [6.07, 6.45) is 1.63. The first-order chi connectivity index (χ1) is 9.40. The molecule has 0 atom stereocenters. The summed E-state index contributed by atoms with van der Waals surface area (Å²) >= 11 is 4.95. The summed E-state index contributed by atoms with van der Waals surface area (Å²) in [7, 11) is -3.63. The quantitative estimate of drug-likeness (QED) is 0.838. The van der Waals surface area contributed by atoms with Gasteiger partial charge < -0.3 is 5.11 Å². The van der Waals surface area contributed by atoms with Gasteiger partial charge in [0, 0.05) is 10.5 Å². The van der Waals surface area contributed by atoms with Crippen LogP contribution in [0.5, 0.6) is 0 Å². The summed E-state index contributed by atoms with van der Waals surface area (Å²) in [5, 5.41) is 8.88. The summed E-state index contributed by atoms with van der Waals surface area (Å²) in [5.41, 5.74) is 0.0462. The molecule has 0 spiro atoms. The molecule has 1 heterocycles. The van der Waals surface area contributed by atoms with Gasteiger partial charge in [0.2, 0.25) is 10.0 Å². The third-order valence-electron chi connectivity index (χ3n) is 3.01. The highest BCUT2D eigenvalue weighted by Gasteiger charge is 2.24. The third kappa shape index (κ3) is 3.75. The Labute approximate surface area is 130 Å². The molecule has 0 bridgehead atoms. The minimum Gasteiger partial charge on any atom is -0.478 e. The SMILES string of the molecule is O=C(O)c1ccc(S(=O)(=O)NC2CCSCC2)c(Br)c1. The first kappa shape index (κ1) is 15.8. The van der Waals surface area contributed by atoms with Crippen LogP contribution in [-0.4, -0.2) is 37.0 Å². The molecule has 110 valence electrons. The molecule has 1 aromatic rings. The lowest BCUT2D eigenvalue weighted by Crippen LogP contribution is -2.37. The number of halogens is 1. The summed E-state index contributed by atoms with van der Waals surface area (Å²) < 4.78 is 27.6. The van der Waals surface area contributed by atoms with Crippen molar-refractivity contribution in [2.75, 3.05) is 11.5 Å². The molecule has 5 nitrogen and oxygen atoms in total. The molecule has 1 aliphatic rings. The molecule has 0 aromatic heterocycles. The maximum Gasteiger partial charge on any atom is 0.335 e. The van der Waals surface area contributed by atoms with Crippen molar-refractivity contribution in [3.8, 4) is 0 Å². The van der Waals surface area contributed by atoms with Crippen molar-refractivity contribution in [3.05, 3.63) is 28.2 Å². The summed E-state index contributed by atoms with van der Waals surface area (Å²) in [6.45, 7) is 0. The van der Waals surface area contributed by atoms with Crippen molar-refractivity contribution in [3.63, 3.8) is 0 Å². The van der Waals surface area contributed by atoms with Gasteiger partial charge in [0.1, 0.15) is 0 Å². The molecular formula is C12H14BrNO4S2. The van der Waals surface area contributed by atoms with Gasteiger partial charge in [-0.1, -0.05) is 0 Å². The smallest absolute Gasteiger partial charge is 0.335 e. The van der Waals surface area contributed by atoms with E-state index < -0.39 is 16.0 Å². The van der Waals surface area contributed by atoms with E-state index in [1.165, 1.54) is 18.2 Å². The van der Waals surface area contributed by atoms with Gasteiger partial charge in [-0.25, -0.2) is 17.9 Å². The number of carboxylic acids is 1. The fourth-order valence-electron chi connectivity index (χ4n) is 1.95. The summed E-state index contributed by atoms with van der Waals surface area (Å²) in [6, 6.07) is 3.85. The molecule has 0 radical (unpaired) electrons. The van der Waals surface area contributed by atoms with Crippen molar-refractivity contribution in [1.29, 1.82) is 0 Å². The van der Waals surface area contributed by atoms with E-state index in [0.717, 1.165) is 24.3 Å². The zero-order valence-electron chi connectivity index (χ0n) is 10.5. The lowest BCUT2D eigenvalue weighted by Gasteiger charge is -2.22. The van der Waals surface area contributed by atoms with Crippen molar-refractivity contribution in [1.82, 2.24) is 4.72 Å². The first-order valence-electron chi connectivity index (χ1n) is 6.03. The zero-order valence-corrected chi connectivity index (χ0v) is 13.7.